The predicted molar refractivity (Wildman–Crippen MR) is 88.6 cm³/mol. The molecule has 0 aliphatic heterocycles. The molecule has 3 rings (SSSR count). The van der Waals surface area contributed by atoms with E-state index in [1.54, 1.807) is 6.20 Å². The lowest BCUT2D eigenvalue weighted by molar-refractivity contribution is 0.487. The number of pyridine rings is 1. The number of benzene rings is 2. The fourth-order valence-corrected chi connectivity index (χ4v) is 2.95. The first-order valence-electron chi connectivity index (χ1n) is 6.72. The van der Waals surface area contributed by atoms with Gasteiger partial charge in [-0.25, -0.2) is 0 Å². The van der Waals surface area contributed by atoms with Crippen LogP contribution in [0.5, 0.6) is 11.5 Å². The molecule has 21 heavy (non-hydrogen) atoms. The summed E-state index contributed by atoms with van der Waals surface area (Å²) >= 11 is 3.54. The number of fused-ring (bicyclic) bond motifs is 1. The molecule has 0 aliphatic rings. The summed E-state index contributed by atoms with van der Waals surface area (Å²) in [7, 11) is 0. The molecule has 3 aromatic rings. The molecule has 0 spiro atoms. The lowest BCUT2D eigenvalue weighted by atomic mass is 10.1. The van der Waals surface area contributed by atoms with Gasteiger partial charge in [-0.1, -0.05) is 28.1 Å². The van der Waals surface area contributed by atoms with Gasteiger partial charge in [0.1, 0.15) is 11.5 Å². The van der Waals surface area contributed by atoms with Gasteiger partial charge in [0.15, 0.2) is 0 Å². The molecule has 4 heteroatoms. The monoisotopic (exact) mass is 342 g/mol. The molecule has 0 radical (unpaired) electrons. The SMILES string of the molecule is C[C@@H](N)c1ccc(Oc2cccc3ncccc23)cc1Br. The van der Waals surface area contributed by atoms with Crippen LogP contribution in [-0.4, -0.2) is 4.98 Å². The minimum absolute atomic E-state index is 0.0184. The average molecular weight is 343 g/mol. The second kappa shape index (κ2) is 5.84. The molecular formula is C17H15BrN2O. The van der Waals surface area contributed by atoms with Crippen LogP contribution in [0.2, 0.25) is 0 Å². The number of halogens is 1. The van der Waals surface area contributed by atoms with E-state index in [1.807, 2.05) is 55.5 Å². The van der Waals surface area contributed by atoms with Gasteiger partial charge in [0.25, 0.3) is 0 Å². The van der Waals surface area contributed by atoms with E-state index in [-0.39, 0.29) is 6.04 Å². The van der Waals surface area contributed by atoms with Crippen molar-refractivity contribution in [3.05, 3.63) is 64.8 Å². The third kappa shape index (κ3) is 2.91. The van der Waals surface area contributed by atoms with Crippen LogP contribution in [0.1, 0.15) is 18.5 Å². The van der Waals surface area contributed by atoms with Gasteiger partial charge in [0, 0.05) is 22.1 Å². The van der Waals surface area contributed by atoms with Crippen molar-refractivity contribution in [2.45, 2.75) is 13.0 Å². The van der Waals surface area contributed by atoms with Gasteiger partial charge in [-0.05, 0) is 48.9 Å². The van der Waals surface area contributed by atoms with Gasteiger partial charge in [-0.15, -0.1) is 0 Å². The average Bonchev–Trinajstić information content (AvgIpc) is 2.47. The van der Waals surface area contributed by atoms with Crippen molar-refractivity contribution in [2.75, 3.05) is 0 Å². The van der Waals surface area contributed by atoms with Crippen LogP contribution < -0.4 is 10.5 Å². The van der Waals surface area contributed by atoms with Crippen molar-refractivity contribution in [1.82, 2.24) is 4.98 Å². The van der Waals surface area contributed by atoms with Crippen molar-refractivity contribution in [1.29, 1.82) is 0 Å². The molecule has 2 N–H and O–H groups in total. The van der Waals surface area contributed by atoms with Crippen LogP contribution in [0.4, 0.5) is 0 Å². The van der Waals surface area contributed by atoms with Crippen molar-refractivity contribution >= 4 is 26.8 Å². The highest BCUT2D eigenvalue weighted by Crippen LogP contribution is 2.32. The largest absolute Gasteiger partial charge is 0.457 e. The van der Waals surface area contributed by atoms with E-state index in [2.05, 4.69) is 20.9 Å². The van der Waals surface area contributed by atoms with Crippen LogP contribution in [0, 0.1) is 0 Å². The maximum Gasteiger partial charge on any atom is 0.136 e. The summed E-state index contributed by atoms with van der Waals surface area (Å²) in [5, 5.41) is 0.993. The molecule has 1 atom stereocenters. The molecule has 0 fully saturated rings. The Labute approximate surface area is 131 Å². The number of rotatable bonds is 3. The Morgan fingerprint density at radius 2 is 2.00 bits per heavy atom. The standard InChI is InChI=1S/C17H15BrN2O/c1-11(19)13-8-7-12(10-15(13)18)21-17-6-2-5-16-14(17)4-3-9-20-16/h2-11H,19H2,1H3/t11-/m1/s1. The zero-order valence-electron chi connectivity index (χ0n) is 11.6. The summed E-state index contributed by atoms with van der Waals surface area (Å²) in [6, 6.07) is 15.6. The molecule has 0 bridgehead atoms. The molecule has 1 heterocycles. The molecule has 3 nitrogen and oxygen atoms in total. The van der Waals surface area contributed by atoms with E-state index in [1.165, 1.54) is 0 Å². The van der Waals surface area contributed by atoms with Crippen LogP contribution >= 0.6 is 15.9 Å². The number of nitrogens with two attached hydrogens (primary N) is 1. The smallest absolute Gasteiger partial charge is 0.136 e. The Balaban J connectivity index is 1.97. The molecule has 0 amide bonds. The molecule has 0 aliphatic carbocycles. The molecule has 1 aromatic heterocycles. The summed E-state index contributed by atoms with van der Waals surface area (Å²) in [5.74, 6) is 1.56. The quantitative estimate of drug-likeness (QED) is 0.742. The highest BCUT2D eigenvalue weighted by atomic mass is 79.9. The molecule has 2 aromatic carbocycles. The Bertz CT molecular complexity index is 781. The molecule has 0 saturated carbocycles. The number of hydrogen-bond donors (Lipinski definition) is 1. The summed E-state index contributed by atoms with van der Waals surface area (Å²) in [4.78, 5) is 4.33. The van der Waals surface area contributed by atoms with Gasteiger partial charge in [0.2, 0.25) is 0 Å². The first-order valence-corrected chi connectivity index (χ1v) is 7.51. The summed E-state index contributed by atoms with van der Waals surface area (Å²) < 4.78 is 6.95. The molecular weight excluding hydrogens is 328 g/mol. The van der Waals surface area contributed by atoms with Crippen molar-refractivity contribution < 1.29 is 4.74 Å². The van der Waals surface area contributed by atoms with Gasteiger partial charge in [-0.2, -0.15) is 0 Å². The van der Waals surface area contributed by atoms with Gasteiger partial charge < -0.3 is 10.5 Å². The molecule has 106 valence electrons. The van der Waals surface area contributed by atoms with Gasteiger partial charge >= 0.3 is 0 Å². The fraction of sp³-hybridized carbons (Fsp3) is 0.118. The normalized spacial score (nSPS) is 12.3. The Hall–Kier alpha value is -1.91. The lowest BCUT2D eigenvalue weighted by Crippen LogP contribution is -2.05. The fourth-order valence-electron chi connectivity index (χ4n) is 2.23. The van der Waals surface area contributed by atoms with Crippen molar-refractivity contribution in [2.24, 2.45) is 5.73 Å². The van der Waals surface area contributed by atoms with E-state index >= 15 is 0 Å². The second-order valence-corrected chi connectivity index (χ2v) is 5.75. The Kier molecular flexibility index (Phi) is 3.90. The highest BCUT2D eigenvalue weighted by Gasteiger charge is 2.08. The van der Waals surface area contributed by atoms with E-state index in [0.29, 0.717) is 0 Å². The minimum atomic E-state index is -0.0184. The zero-order chi connectivity index (χ0) is 14.8. The van der Waals surface area contributed by atoms with E-state index in [4.69, 9.17) is 10.5 Å². The van der Waals surface area contributed by atoms with Crippen LogP contribution in [0.3, 0.4) is 0 Å². The van der Waals surface area contributed by atoms with Crippen LogP contribution in [0.15, 0.2) is 59.2 Å². The minimum Gasteiger partial charge on any atom is -0.457 e. The number of hydrogen-bond acceptors (Lipinski definition) is 3. The number of nitrogens with zero attached hydrogens (tertiary/aromatic N) is 1. The highest BCUT2D eigenvalue weighted by molar-refractivity contribution is 9.10. The first kappa shape index (κ1) is 14.0. The van der Waals surface area contributed by atoms with E-state index in [0.717, 1.165) is 32.4 Å². The second-order valence-electron chi connectivity index (χ2n) is 4.90. The first-order chi connectivity index (χ1) is 10.1. The third-order valence-electron chi connectivity index (χ3n) is 3.30. The Morgan fingerprint density at radius 3 is 2.76 bits per heavy atom. The maximum atomic E-state index is 6.00. The Morgan fingerprint density at radius 1 is 1.14 bits per heavy atom. The van der Waals surface area contributed by atoms with E-state index in [9.17, 15) is 0 Å². The number of aromatic nitrogens is 1. The maximum absolute atomic E-state index is 6.00. The predicted octanol–water partition coefficient (Wildman–Crippen LogP) is 4.81. The van der Waals surface area contributed by atoms with Gasteiger partial charge in [-0.3, -0.25) is 4.98 Å². The third-order valence-corrected chi connectivity index (χ3v) is 3.98. The van der Waals surface area contributed by atoms with Crippen molar-refractivity contribution in [3.8, 4) is 11.5 Å². The number of ether oxygens (including phenoxy) is 1. The van der Waals surface area contributed by atoms with Crippen molar-refractivity contribution in [3.63, 3.8) is 0 Å². The van der Waals surface area contributed by atoms with Crippen LogP contribution in [-0.2, 0) is 0 Å². The summed E-state index contributed by atoms with van der Waals surface area (Å²) in [6.07, 6.45) is 1.78. The van der Waals surface area contributed by atoms with Crippen LogP contribution in [0.25, 0.3) is 10.9 Å². The topological polar surface area (TPSA) is 48.1 Å². The lowest BCUT2D eigenvalue weighted by Gasteiger charge is -2.12. The molecule has 0 saturated heterocycles. The summed E-state index contributed by atoms with van der Waals surface area (Å²) in [6.45, 7) is 1.96. The van der Waals surface area contributed by atoms with E-state index < -0.39 is 0 Å². The molecule has 0 unspecified atom stereocenters. The summed E-state index contributed by atoms with van der Waals surface area (Å²) in [5.41, 5.74) is 7.89. The van der Waals surface area contributed by atoms with Gasteiger partial charge in [0.05, 0.1) is 5.52 Å². The zero-order valence-corrected chi connectivity index (χ0v) is 13.2.